The number of fused-ring (bicyclic) bond motifs is 4. The molecule has 354 valence electrons. The van der Waals surface area contributed by atoms with Crippen molar-refractivity contribution in [2.75, 3.05) is 16.5 Å². The second-order valence-electron chi connectivity index (χ2n) is 22.6. The number of hydrogen-bond acceptors (Lipinski definition) is 4. The van der Waals surface area contributed by atoms with Crippen molar-refractivity contribution in [1.29, 1.82) is 0 Å². The van der Waals surface area contributed by atoms with Crippen molar-refractivity contribution in [3.63, 3.8) is 0 Å². The number of benzene rings is 7. The highest BCUT2D eigenvalue weighted by molar-refractivity contribution is 6.10. The lowest BCUT2D eigenvalue weighted by Crippen LogP contribution is -2.25. The number of anilines is 4. The second-order valence-corrected chi connectivity index (χ2v) is 22.6. The first-order valence-electron chi connectivity index (χ1n) is 25.2. The largest absolute Gasteiger partial charge is 0.457 e. The minimum atomic E-state index is -0.185. The third-order valence-corrected chi connectivity index (χ3v) is 14.7. The van der Waals surface area contributed by atoms with Gasteiger partial charge in [0.1, 0.15) is 24.0 Å². The molecule has 3 heterocycles. The Morgan fingerprint density at radius 1 is 0.471 bits per heavy atom. The highest BCUT2D eigenvalue weighted by Crippen LogP contribution is 2.49. The summed E-state index contributed by atoms with van der Waals surface area (Å²) in [7, 11) is 0. The average Bonchev–Trinajstić information content (AvgIpc) is 3.89. The van der Waals surface area contributed by atoms with E-state index >= 15 is 0 Å². The summed E-state index contributed by atoms with van der Waals surface area (Å²) in [5, 5.41) is 2.38. The number of ether oxygens (including phenoxy) is 1. The van der Waals surface area contributed by atoms with Gasteiger partial charge in [0, 0.05) is 45.9 Å². The van der Waals surface area contributed by atoms with E-state index in [1.807, 2.05) is 6.20 Å². The number of pyridine rings is 1. The Balaban J connectivity index is 1.06. The lowest BCUT2D eigenvalue weighted by molar-refractivity contribution is 0.483. The monoisotopic (exact) mass is 921 g/mol. The first-order valence-corrected chi connectivity index (χ1v) is 25.2. The van der Waals surface area contributed by atoms with Gasteiger partial charge in [0.25, 0.3) is 0 Å². The van der Waals surface area contributed by atoms with E-state index in [0.29, 0.717) is 18.5 Å². The van der Waals surface area contributed by atoms with Crippen LogP contribution in [0.2, 0.25) is 0 Å². The van der Waals surface area contributed by atoms with Crippen LogP contribution in [0, 0.1) is 0 Å². The van der Waals surface area contributed by atoms with Crippen molar-refractivity contribution >= 4 is 44.6 Å². The molecule has 1 aliphatic rings. The maximum atomic E-state index is 6.90. The van der Waals surface area contributed by atoms with E-state index in [9.17, 15) is 0 Å². The molecule has 0 saturated carbocycles. The lowest BCUT2D eigenvalue weighted by atomic mass is 9.78. The van der Waals surface area contributed by atoms with Crippen LogP contribution in [0.25, 0.3) is 38.8 Å². The third kappa shape index (κ3) is 8.54. The first kappa shape index (κ1) is 46.6. The van der Waals surface area contributed by atoms with Crippen LogP contribution < -0.4 is 14.5 Å². The molecule has 7 aromatic carbocycles. The molecule has 9 aromatic rings. The molecule has 0 N–H and O–H groups in total. The van der Waals surface area contributed by atoms with Gasteiger partial charge in [-0.3, -0.25) is 4.57 Å². The molecule has 0 bridgehead atoms. The fourth-order valence-electron chi connectivity index (χ4n) is 10.5. The summed E-state index contributed by atoms with van der Waals surface area (Å²) in [5.74, 6) is 3.22. The molecule has 5 nitrogen and oxygen atoms in total. The van der Waals surface area contributed by atoms with Crippen molar-refractivity contribution in [2.24, 2.45) is 0 Å². The minimum absolute atomic E-state index is 0.00998. The Morgan fingerprint density at radius 3 is 1.80 bits per heavy atom. The predicted molar refractivity (Wildman–Crippen MR) is 297 cm³/mol. The Bertz CT molecular complexity index is 3370. The van der Waals surface area contributed by atoms with Gasteiger partial charge >= 0.3 is 0 Å². The van der Waals surface area contributed by atoms with Crippen molar-refractivity contribution in [3.05, 3.63) is 203 Å². The van der Waals surface area contributed by atoms with E-state index in [1.165, 1.54) is 61.0 Å². The van der Waals surface area contributed by atoms with Gasteiger partial charge in [-0.1, -0.05) is 162 Å². The molecular weight excluding hydrogens is 853 g/mol. The van der Waals surface area contributed by atoms with E-state index in [2.05, 4.69) is 261 Å². The molecule has 0 saturated heterocycles. The Hall–Kier alpha value is -7.11. The summed E-state index contributed by atoms with van der Waals surface area (Å²) >= 11 is 0. The summed E-state index contributed by atoms with van der Waals surface area (Å²) in [6, 6.07) is 60.3. The second kappa shape index (κ2) is 17.7. The van der Waals surface area contributed by atoms with Crippen LogP contribution in [0.5, 0.6) is 11.5 Å². The zero-order chi connectivity index (χ0) is 49.3. The fraction of sp³-hybridized carbons (Fsp3) is 0.277. The zero-order valence-corrected chi connectivity index (χ0v) is 43.2. The van der Waals surface area contributed by atoms with E-state index < -0.39 is 0 Å². The van der Waals surface area contributed by atoms with Crippen molar-refractivity contribution in [2.45, 2.75) is 111 Å². The number of hydrogen-bond donors (Lipinski definition) is 0. The van der Waals surface area contributed by atoms with Crippen molar-refractivity contribution < 1.29 is 4.74 Å². The van der Waals surface area contributed by atoms with Crippen LogP contribution in [0.4, 0.5) is 22.7 Å². The molecule has 0 fully saturated rings. The average molecular weight is 921 g/mol. The van der Waals surface area contributed by atoms with Gasteiger partial charge in [0.2, 0.25) is 0 Å². The standard InChI is InChI=1S/C65H68N4O/c1-42(2)53-25-18-26-54(43(3)4)62(53)44-27-31-58-60(35-44)68(49-22-16-21-48(36-49)65(11,12)45-19-14-13-15-20-45)41-67(58)50-23-17-24-51(39-50)70-52-29-30-55-56-37-46(63(5,6)7)28-32-57(56)69(59(55)40-52)61-38-47(33-34-66-61)64(8,9)10/h13-40,42-43H,41H2,1-12H3. The summed E-state index contributed by atoms with van der Waals surface area (Å²) in [6.45, 7) is 28.1. The third-order valence-electron chi connectivity index (χ3n) is 14.7. The summed E-state index contributed by atoms with van der Waals surface area (Å²) in [6.07, 6.45) is 1.94. The Kier molecular flexibility index (Phi) is 11.8. The molecule has 0 atom stereocenters. The van der Waals surface area contributed by atoms with Gasteiger partial charge in [0.05, 0.1) is 22.4 Å². The summed E-state index contributed by atoms with van der Waals surface area (Å²) in [4.78, 5) is 9.89. The fourth-order valence-corrected chi connectivity index (χ4v) is 10.5. The Morgan fingerprint density at radius 2 is 1.10 bits per heavy atom. The number of aromatic nitrogens is 2. The normalized spacial score (nSPS) is 13.3. The van der Waals surface area contributed by atoms with Gasteiger partial charge in [-0.2, -0.15) is 0 Å². The zero-order valence-electron chi connectivity index (χ0n) is 43.2. The molecule has 70 heavy (non-hydrogen) atoms. The highest BCUT2D eigenvalue weighted by atomic mass is 16.5. The molecular formula is C65H68N4O. The summed E-state index contributed by atoms with van der Waals surface area (Å²) in [5.41, 5.74) is 17.0. The van der Waals surface area contributed by atoms with Crippen LogP contribution in [-0.2, 0) is 16.2 Å². The van der Waals surface area contributed by atoms with Gasteiger partial charge in [0.15, 0.2) is 0 Å². The molecule has 5 heteroatoms. The van der Waals surface area contributed by atoms with Crippen molar-refractivity contribution in [1.82, 2.24) is 9.55 Å². The van der Waals surface area contributed by atoms with Crippen LogP contribution in [-0.4, -0.2) is 16.2 Å². The van der Waals surface area contributed by atoms with Gasteiger partial charge in [-0.25, -0.2) is 4.98 Å². The SMILES string of the molecule is CC(C)c1cccc(C(C)C)c1-c1ccc2c(c1)N(c1cccc(C(C)(C)c3ccccc3)c1)CN2c1cccc(Oc2ccc3c4cc(C(C)(C)C)ccc4n(-c4cc(C(C)(C)C)ccn4)c3c2)c1. The first-order chi connectivity index (χ1) is 33.4. The van der Waals surface area contributed by atoms with Gasteiger partial charge < -0.3 is 14.5 Å². The topological polar surface area (TPSA) is 33.5 Å². The molecule has 0 spiro atoms. The molecule has 2 aromatic heterocycles. The molecule has 0 aliphatic carbocycles. The smallest absolute Gasteiger partial charge is 0.137 e. The van der Waals surface area contributed by atoms with Crippen molar-refractivity contribution in [3.8, 4) is 28.4 Å². The number of nitrogens with zero attached hydrogens (tertiary/aromatic N) is 4. The van der Waals surface area contributed by atoms with E-state index in [1.54, 1.807) is 0 Å². The van der Waals surface area contributed by atoms with Crippen LogP contribution in [0.3, 0.4) is 0 Å². The molecule has 0 radical (unpaired) electrons. The van der Waals surface area contributed by atoms with E-state index in [-0.39, 0.29) is 16.2 Å². The van der Waals surface area contributed by atoms with E-state index in [0.717, 1.165) is 45.4 Å². The minimum Gasteiger partial charge on any atom is -0.457 e. The molecule has 1 aliphatic heterocycles. The quantitative estimate of drug-likeness (QED) is 0.137. The van der Waals surface area contributed by atoms with Gasteiger partial charge in [-0.05, 0) is 140 Å². The lowest BCUT2D eigenvalue weighted by Gasteiger charge is -2.28. The maximum absolute atomic E-state index is 6.90. The van der Waals surface area contributed by atoms with Crippen LogP contribution in [0.1, 0.15) is 128 Å². The molecule has 10 rings (SSSR count). The predicted octanol–water partition coefficient (Wildman–Crippen LogP) is 18.1. The van der Waals surface area contributed by atoms with E-state index in [4.69, 9.17) is 9.72 Å². The highest BCUT2D eigenvalue weighted by Gasteiger charge is 2.32. The summed E-state index contributed by atoms with van der Waals surface area (Å²) < 4.78 is 9.20. The molecule has 0 amide bonds. The number of rotatable bonds is 10. The maximum Gasteiger partial charge on any atom is 0.137 e. The van der Waals surface area contributed by atoms with Crippen LogP contribution >= 0.6 is 0 Å². The van der Waals surface area contributed by atoms with Gasteiger partial charge in [-0.15, -0.1) is 0 Å². The van der Waals surface area contributed by atoms with Crippen LogP contribution in [0.15, 0.2) is 170 Å². The molecule has 0 unspecified atom stereocenters. The Labute approximate surface area is 416 Å².